The third kappa shape index (κ3) is 2.39. The van der Waals surface area contributed by atoms with Crippen LogP contribution in [0.2, 0.25) is 0 Å². The Morgan fingerprint density at radius 1 is 1.60 bits per heavy atom. The number of benzene rings is 1. The molecule has 1 atom stereocenters. The first-order chi connectivity index (χ1) is 9.32. The van der Waals surface area contributed by atoms with Gasteiger partial charge in [-0.1, -0.05) is 0 Å². The molecule has 0 aliphatic rings. The molecule has 3 N–H and O–H groups in total. The number of non-ortho nitro benzene ring substituents is 1. The molecule has 8 heteroatoms. The molecular weight excluding hydrogens is 330 g/mol. The van der Waals surface area contributed by atoms with Crippen molar-refractivity contribution < 1.29 is 14.8 Å². The molecule has 0 fully saturated rings. The molecule has 20 heavy (non-hydrogen) atoms. The van der Waals surface area contributed by atoms with Gasteiger partial charge in [0.1, 0.15) is 6.04 Å². The van der Waals surface area contributed by atoms with Crippen molar-refractivity contribution in [3.05, 3.63) is 38.5 Å². The maximum Gasteiger partial charge on any atom is 0.320 e. The fourth-order valence-corrected chi connectivity index (χ4v) is 2.82. The Morgan fingerprint density at radius 3 is 2.80 bits per heavy atom. The Kier molecular flexibility index (Phi) is 3.78. The van der Waals surface area contributed by atoms with Crippen molar-refractivity contribution in [1.82, 2.24) is 4.57 Å². The number of nitro benzene ring substituents is 1. The third-order valence-corrected chi connectivity index (χ3v) is 3.72. The average molecular weight is 342 g/mol. The van der Waals surface area contributed by atoms with Crippen molar-refractivity contribution in [3.63, 3.8) is 0 Å². The summed E-state index contributed by atoms with van der Waals surface area (Å²) < 4.78 is 2.42. The van der Waals surface area contributed by atoms with E-state index in [1.807, 2.05) is 0 Å². The van der Waals surface area contributed by atoms with Crippen LogP contribution in [0.3, 0.4) is 0 Å². The maximum absolute atomic E-state index is 11.1. The van der Waals surface area contributed by atoms with Gasteiger partial charge in [-0.25, -0.2) is 0 Å². The van der Waals surface area contributed by atoms with Crippen LogP contribution in [0.15, 0.2) is 22.8 Å². The second-order valence-electron chi connectivity index (χ2n) is 4.46. The Hall–Kier alpha value is -1.93. The van der Waals surface area contributed by atoms with Gasteiger partial charge in [-0.05, 0) is 27.6 Å². The van der Waals surface area contributed by atoms with E-state index in [9.17, 15) is 14.9 Å². The van der Waals surface area contributed by atoms with Gasteiger partial charge in [0.15, 0.2) is 0 Å². The van der Waals surface area contributed by atoms with E-state index in [4.69, 9.17) is 10.8 Å². The van der Waals surface area contributed by atoms with Gasteiger partial charge >= 0.3 is 5.97 Å². The minimum atomic E-state index is -1.14. The lowest BCUT2D eigenvalue weighted by atomic mass is 10.0. The lowest BCUT2D eigenvalue weighted by Crippen LogP contribution is -2.32. The van der Waals surface area contributed by atoms with E-state index in [2.05, 4.69) is 15.9 Å². The van der Waals surface area contributed by atoms with Gasteiger partial charge in [-0.3, -0.25) is 14.9 Å². The predicted octanol–water partition coefficient (Wildman–Crippen LogP) is 1.80. The van der Waals surface area contributed by atoms with Crippen LogP contribution in [0.4, 0.5) is 5.69 Å². The summed E-state index contributed by atoms with van der Waals surface area (Å²) in [5, 5.41) is 20.4. The zero-order chi connectivity index (χ0) is 15.0. The number of nitrogens with two attached hydrogens (primary N) is 1. The highest BCUT2D eigenvalue weighted by molar-refractivity contribution is 9.10. The van der Waals surface area contributed by atoms with Crippen molar-refractivity contribution in [1.29, 1.82) is 0 Å². The summed E-state index contributed by atoms with van der Waals surface area (Å²) in [6, 6.07) is 1.89. The standard InChI is InChI=1S/C12H12BrN3O4/c1-15-5-6(4-8(14)12(17)18)10-9(16(19)20)3-2-7(13)11(10)15/h2-3,5,8H,4,14H2,1H3,(H,17,18). The number of nitrogens with zero attached hydrogens (tertiary/aromatic N) is 2. The molecule has 0 radical (unpaired) electrons. The van der Waals surface area contributed by atoms with E-state index in [1.54, 1.807) is 23.9 Å². The van der Waals surface area contributed by atoms with Crippen molar-refractivity contribution in [2.75, 3.05) is 0 Å². The zero-order valence-electron chi connectivity index (χ0n) is 10.5. The van der Waals surface area contributed by atoms with Gasteiger partial charge in [-0.15, -0.1) is 0 Å². The van der Waals surface area contributed by atoms with Crippen LogP contribution in [0.5, 0.6) is 0 Å². The minimum absolute atomic E-state index is 0.0317. The molecule has 2 rings (SSSR count). The number of nitro groups is 1. The quantitative estimate of drug-likeness (QED) is 0.650. The molecule has 0 spiro atoms. The largest absolute Gasteiger partial charge is 0.480 e. The lowest BCUT2D eigenvalue weighted by molar-refractivity contribution is -0.383. The van der Waals surface area contributed by atoms with Crippen molar-refractivity contribution >= 4 is 38.5 Å². The smallest absolute Gasteiger partial charge is 0.320 e. The van der Waals surface area contributed by atoms with Gasteiger partial charge < -0.3 is 15.4 Å². The van der Waals surface area contributed by atoms with Gasteiger partial charge in [0, 0.05) is 30.2 Å². The van der Waals surface area contributed by atoms with Crippen LogP contribution >= 0.6 is 15.9 Å². The number of aromatic nitrogens is 1. The monoisotopic (exact) mass is 341 g/mol. The number of fused-ring (bicyclic) bond motifs is 1. The summed E-state index contributed by atoms with van der Waals surface area (Å²) in [4.78, 5) is 21.5. The van der Waals surface area contributed by atoms with E-state index in [0.29, 0.717) is 20.9 Å². The Bertz CT molecular complexity index is 710. The molecule has 0 bridgehead atoms. The highest BCUT2D eigenvalue weighted by atomic mass is 79.9. The van der Waals surface area contributed by atoms with E-state index in [1.165, 1.54) is 6.07 Å². The first kappa shape index (κ1) is 14.5. The average Bonchev–Trinajstić information content (AvgIpc) is 2.67. The molecule has 0 amide bonds. The highest BCUT2D eigenvalue weighted by Crippen LogP contribution is 2.35. The van der Waals surface area contributed by atoms with Gasteiger partial charge in [-0.2, -0.15) is 0 Å². The Labute approximate surface area is 122 Å². The van der Waals surface area contributed by atoms with Crippen molar-refractivity contribution in [3.8, 4) is 0 Å². The molecule has 0 saturated heterocycles. The van der Waals surface area contributed by atoms with E-state index < -0.39 is 16.9 Å². The number of carboxylic acid groups (broad SMARTS) is 1. The van der Waals surface area contributed by atoms with Crippen LogP contribution in [-0.2, 0) is 18.3 Å². The SMILES string of the molecule is Cn1cc(CC(N)C(=O)O)c2c([N+](=O)[O-])ccc(Br)c21. The first-order valence-electron chi connectivity index (χ1n) is 5.72. The number of rotatable bonds is 4. The van der Waals surface area contributed by atoms with E-state index >= 15 is 0 Å². The number of hydrogen-bond acceptors (Lipinski definition) is 4. The number of hydrogen-bond donors (Lipinski definition) is 2. The summed E-state index contributed by atoms with van der Waals surface area (Å²) >= 11 is 3.35. The van der Waals surface area contributed by atoms with Crippen LogP contribution in [0.1, 0.15) is 5.56 Å². The zero-order valence-corrected chi connectivity index (χ0v) is 12.1. The second kappa shape index (κ2) is 5.22. The van der Waals surface area contributed by atoms with Crippen molar-refractivity contribution in [2.24, 2.45) is 12.8 Å². The van der Waals surface area contributed by atoms with Crippen LogP contribution < -0.4 is 5.73 Å². The molecule has 0 aliphatic heterocycles. The molecule has 0 saturated carbocycles. The minimum Gasteiger partial charge on any atom is -0.480 e. The predicted molar refractivity (Wildman–Crippen MR) is 76.6 cm³/mol. The summed E-state index contributed by atoms with van der Waals surface area (Å²) in [7, 11) is 1.74. The van der Waals surface area contributed by atoms with E-state index in [-0.39, 0.29) is 12.1 Å². The third-order valence-electron chi connectivity index (χ3n) is 3.08. The van der Waals surface area contributed by atoms with Crippen LogP contribution in [-0.4, -0.2) is 26.6 Å². The normalized spacial score (nSPS) is 12.6. The van der Waals surface area contributed by atoms with Gasteiger partial charge in [0.05, 0.1) is 15.8 Å². The highest BCUT2D eigenvalue weighted by Gasteiger charge is 2.23. The molecule has 1 aromatic carbocycles. The molecule has 0 aliphatic carbocycles. The maximum atomic E-state index is 11.1. The van der Waals surface area contributed by atoms with E-state index in [0.717, 1.165) is 0 Å². The fraction of sp³-hybridized carbons (Fsp3) is 0.250. The molecular formula is C12H12BrN3O4. The molecule has 1 unspecified atom stereocenters. The lowest BCUT2D eigenvalue weighted by Gasteiger charge is -2.05. The summed E-state index contributed by atoms with van der Waals surface area (Å²) in [5.41, 5.74) is 6.66. The summed E-state index contributed by atoms with van der Waals surface area (Å²) in [6.07, 6.45) is 1.70. The van der Waals surface area contributed by atoms with Crippen molar-refractivity contribution in [2.45, 2.75) is 12.5 Å². The Balaban J connectivity index is 2.69. The number of halogens is 1. The number of aryl methyl sites for hydroxylation is 1. The van der Waals surface area contributed by atoms with Gasteiger partial charge in [0.2, 0.25) is 0 Å². The molecule has 106 valence electrons. The Morgan fingerprint density at radius 2 is 2.25 bits per heavy atom. The molecule has 7 nitrogen and oxygen atoms in total. The summed E-state index contributed by atoms with van der Waals surface area (Å²) in [5.74, 6) is -1.14. The number of aliphatic carboxylic acids is 1. The van der Waals surface area contributed by atoms with Crippen LogP contribution in [0.25, 0.3) is 10.9 Å². The fourth-order valence-electron chi connectivity index (χ4n) is 2.21. The molecule has 1 aromatic heterocycles. The molecule has 1 heterocycles. The number of carbonyl (C=O) groups is 1. The second-order valence-corrected chi connectivity index (χ2v) is 5.32. The van der Waals surface area contributed by atoms with Gasteiger partial charge in [0.25, 0.3) is 5.69 Å². The molecule has 2 aromatic rings. The number of carboxylic acids is 1. The first-order valence-corrected chi connectivity index (χ1v) is 6.51. The topological polar surface area (TPSA) is 111 Å². The van der Waals surface area contributed by atoms with Crippen LogP contribution in [0, 0.1) is 10.1 Å². The summed E-state index contributed by atoms with van der Waals surface area (Å²) in [6.45, 7) is 0.